The van der Waals surface area contributed by atoms with Crippen LogP contribution in [0, 0.1) is 5.82 Å². The predicted octanol–water partition coefficient (Wildman–Crippen LogP) is 2.95. The molecule has 98 valence electrons. The monoisotopic (exact) mass is 262 g/mol. The summed E-state index contributed by atoms with van der Waals surface area (Å²) in [5, 5.41) is 9.73. The van der Waals surface area contributed by atoms with Gasteiger partial charge in [0.05, 0.1) is 23.0 Å². The van der Waals surface area contributed by atoms with Crippen LogP contribution in [0.15, 0.2) is 12.4 Å². The van der Waals surface area contributed by atoms with Gasteiger partial charge >= 0.3 is 6.18 Å². The minimum Gasteiger partial charge on any atom is -0.386 e. The van der Waals surface area contributed by atoms with Crippen molar-refractivity contribution >= 4 is 11.0 Å². The van der Waals surface area contributed by atoms with Crippen LogP contribution in [-0.2, 0) is 11.8 Å². The van der Waals surface area contributed by atoms with E-state index >= 15 is 0 Å². The van der Waals surface area contributed by atoms with Crippen molar-refractivity contribution in [3.05, 3.63) is 29.3 Å². The highest BCUT2D eigenvalue weighted by atomic mass is 19.4. The molecule has 1 heterocycles. The van der Waals surface area contributed by atoms with Crippen molar-refractivity contribution < 1.29 is 22.7 Å². The van der Waals surface area contributed by atoms with Crippen molar-refractivity contribution in [1.29, 1.82) is 0 Å². The summed E-state index contributed by atoms with van der Waals surface area (Å²) in [4.78, 5) is 5.97. The second-order valence-corrected chi connectivity index (χ2v) is 4.46. The third-order valence-corrected chi connectivity index (χ3v) is 2.56. The summed E-state index contributed by atoms with van der Waals surface area (Å²) >= 11 is 0. The number of imidazole rings is 1. The van der Waals surface area contributed by atoms with Crippen LogP contribution in [0.25, 0.3) is 11.0 Å². The van der Waals surface area contributed by atoms with Gasteiger partial charge in [-0.3, -0.25) is 0 Å². The largest absolute Gasteiger partial charge is 0.419 e. The quantitative estimate of drug-likeness (QED) is 0.776. The van der Waals surface area contributed by atoms with E-state index in [4.69, 9.17) is 0 Å². The van der Waals surface area contributed by atoms with Gasteiger partial charge in [0, 0.05) is 5.56 Å². The SMILES string of the molecule is CC(C)(O)c1c(F)cc2[nH]cnc2c1C(F)(F)F. The van der Waals surface area contributed by atoms with Gasteiger partial charge in [-0.1, -0.05) is 0 Å². The fourth-order valence-corrected chi connectivity index (χ4v) is 1.92. The Morgan fingerprint density at radius 2 is 1.83 bits per heavy atom. The molecule has 0 aliphatic rings. The first-order valence-corrected chi connectivity index (χ1v) is 5.08. The Labute approximate surface area is 99.5 Å². The van der Waals surface area contributed by atoms with Crippen molar-refractivity contribution in [2.75, 3.05) is 0 Å². The van der Waals surface area contributed by atoms with Crippen molar-refractivity contribution in [1.82, 2.24) is 9.97 Å². The number of aromatic amines is 1. The number of nitrogens with zero attached hydrogens (tertiary/aromatic N) is 1. The number of fused-ring (bicyclic) bond motifs is 1. The van der Waals surface area contributed by atoms with Crippen LogP contribution in [-0.4, -0.2) is 15.1 Å². The number of halogens is 4. The maximum Gasteiger partial charge on any atom is 0.419 e. The first kappa shape index (κ1) is 12.8. The van der Waals surface area contributed by atoms with E-state index in [-0.39, 0.29) is 5.52 Å². The number of aromatic nitrogens is 2. The standard InChI is InChI=1S/C11H10F4N2O/c1-10(2,18)7-5(12)3-6-9(17-4-16-6)8(7)11(13,14)15/h3-4,18H,1-2H3,(H,16,17). The van der Waals surface area contributed by atoms with Gasteiger partial charge in [-0.15, -0.1) is 0 Å². The molecule has 2 rings (SSSR count). The molecule has 0 aliphatic carbocycles. The zero-order chi connectivity index (χ0) is 13.7. The molecule has 0 unspecified atom stereocenters. The van der Waals surface area contributed by atoms with Gasteiger partial charge in [-0.25, -0.2) is 9.37 Å². The summed E-state index contributed by atoms with van der Waals surface area (Å²) in [5.74, 6) is -1.12. The molecule has 1 aromatic heterocycles. The highest BCUT2D eigenvalue weighted by molar-refractivity contribution is 5.81. The van der Waals surface area contributed by atoms with Gasteiger partial charge < -0.3 is 10.1 Å². The average molecular weight is 262 g/mol. The lowest BCUT2D eigenvalue weighted by atomic mass is 9.91. The van der Waals surface area contributed by atoms with Crippen LogP contribution in [0.3, 0.4) is 0 Å². The molecule has 0 radical (unpaired) electrons. The Morgan fingerprint density at radius 1 is 1.22 bits per heavy atom. The molecule has 2 aromatic rings. The fourth-order valence-electron chi connectivity index (χ4n) is 1.92. The van der Waals surface area contributed by atoms with E-state index < -0.39 is 34.2 Å². The normalized spacial score (nSPS) is 13.3. The molecule has 1 aromatic carbocycles. The van der Waals surface area contributed by atoms with Crippen LogP contribution < -0.4 is 0 Å². The predicted molar refractivity (Wildman–Crippen MR) is 56.3 cm³/mol. The maximum absolute atomic E-state index is 13.8. The van der Waals surface area contributed by atoms with E-state index in [0.29, 0.717) is 0 Å². The lowest BCUT2D eigenvalue weighted by Gasteiger charge is -2.23. The molecule has 0 atom stereocenters. The number of hydrogen-bond donors (Lipinski definition) is 2. The highest BCUT2D eigenvalue weighted by Crippen LogP contribution is 2.41. The first-order valence-electron chi connectivity index (χ1n) is 5.08. The summed E-state index contributed by atoms with van der Waals surface area (Å²) in [6.07, 6.45) is -3.75. The van der Waals surface area contributed by atoms with Gasteiger partial charge in [0.25, 0.3) is 0 Å². The van der Waals surface area contributed by atoms with Crippen molar-refractivity contribution in [3.8, 4) is 0 Å². The lowest BCUT2D eigenvalue weighted by molar-refractivity contribution is -0.139. The van der Waals surface area contributed by atoms with Crippen molar-refractivity contribution in [2.24, 2.45) is 0 Å². The molecule has 0 amide bonds. The Hall–Kier alpha value is -1.63. The zero-order valence-corrected chi connectivity index (χ0v) is 9.56. The Bertz CT molecular complexity index is 595. The number of rotatable bonds is 1. The topological polar surface area (TPSA) is 48.9 Å². The number of alkyl halides is 3. The van der Waals surface area contributed by atoms with Crippen molar-refractivity contribution in [2.45, 2.75) is 25.6 Å². The number of nitrogens with one attached hydrogen (secondary N) is 1. The lowest BCUT2D eigenvalue weighted by Crippen LogP contribution is -2.24. The molecule has 2 N–H and O–H groups in total. The molecule has 7 heteroatoms. The summed E-state index contributed by atoms with van der Waals surface area (Å²) < 4.78 is 52.9. The van der Waals surface area contributed by atoms with Gasteiger partial charge in [0.2, 0.25) is 0 Å². The zero-order valence-electron chi connectivity index (χ0n) is 9.56. The van der Waals surface area contributed by atoms with E-state index in [9.17, 15) is 22.7 Å². The van der Waals surface area contributed by atoms with Crippen LogP contribution in [0.4, 0.5) is 17.6 Å². The third kappa shape index (κ3) is 1.94. The molecule has 0 saturated carbocycles. The maximum atomic E-state index is 13.8. The second kappa shape index (κ2) is 3.68. The summed E-state index contributed by atoms with van der Waals surface area (Å²) in [6, 6.07) is 0.894. The van der Waals surface area contributed by atoms with Crippen molar-refractivity contribution in [3.63, 3.8) is 0 Å². The summed E-state index contributed by atoms with van der Waals surface area (Å²) in [7, 11) is 0. The average Bonchev–Trinajstić information content (AvgIpc) is 2.58. The third-order valence-electron chi connectivity index (χ3n) is 2.56. The molecule has 0 bridgehead atoms. The van der Waals surface area contributed by atoms with E-state index in [2.05, 4.69) is 9.97 Å². The molecule has 0 aliphatic heterocycles. The van der Waals surface area contributed by atoms with Crippen LogP contribution in [0.1, 0.15) is 25.0 Å². The van der Waals surface area contributed by atoms with Gasteiger partial charge in [-0.2, -0.15) is 13.2 Å². The van der Waals surface area contributed by atoms with Gasteiger partial charge in [-0.05, 0) is 19.9 Å². The fraction of sp³-hybridized carbons (Fsp3) is 0.364. The number of H-pyrrole nitrogens is 1. The van der Waals surface area contributed by atoms with Gasteiger partial charge in [0.15, 0.2) is 0 Å². The van der Waals surface area contributed by atoms with E-state index in [0.717, 1.165) is 26.2 Å². The van der Waals surface area contributed by atoms with Crippen LogP contribution in [0.2, 0.25) is 0 Å². The summed E-state index contributed by atoms with van der Waals surface area (Å²) in [6.45, 7) is 2.19. The Balaban J connectivity index is 2.95. The molecule has 3 nitrogen and oxygen atoms in total. The molecule has 0 saturated heterocycles. The minimum atomic E-state index is -4.80. The first-order chi connectivity index (χ1) is 8.12. The van der Waals surface area contributed by atoms with Crippen LogP contribution in [0.5, 0.6) is 0 Å². The second-order valence-electron chi connectivity index (χ2n) is 4.46. The molecule has 18 heavy (non-hydrogen) atoms. The van der Waals surface area contributed by atoms with Gasteiger partial charge in [0.1, 0.15) is 11.3 Å². The number of benzene rings is 1. The minimum absolute atomic E-state index is 0.0622. The number of hydrogen-bond acceptors (Lipinski definition) is 2. The van der Waals surface area contributed by atoms with Crippen LogP contribution >= 0.6 is 0 Å². The molecular weight excluding hydrogens is 252 g/mol. The smallest absolute Gasteiger partial charge is 0.386 e. The van der Waals surface area contributed by atoms with E-state index in [1.165, 1.54) is 0 Å². The van der Waals surface area contributed by atoms with E-state index in [1.54, 1.807) is 0 Å². The molecule has 0 spiro atoms. The molecule has 0 fully saturated rings. The molecular formula is C11H10F4N2O. The Kier molecular flexibility index (Phi) is 2.62. The Morgan fingerprint density at radius 3 is 2.33 bits per heavy atom. The highest BCUT2D eigenvalue weighted by Gasteiger charge is 2.42. The van der Waals surface area contributed by atoms with E-state index in [1.807, 2.05) is 0 Å². The summed E-state index contributed by atoms with van der Waals surface area (Å²) in [5.41, 5.74) is -4.46. The number of aliphatic hydroxyl groups is 1.